The molecule has 1 aromatic heterocycles. The molecule has 0 spiro atoms. The summed E-state index contributed by atoms with van der Waals surface area (Å²) in [6.07, 6.45) is 0.258. The van der Waals surface area contributed by atoms with Crippen molar-refractivity contribution in [1.29, 1.82) is 0 Å². The molecule has 1 fully saturated rings. The maximum Gasteiger partial charge on any atom is 0.225 e. The zero-order valence-corrected chi connectivity index (χ0v) is 18.9. The normalized spacial score (nSPS) is 16.9. The van der Waals surface area contributed by atoms with E-state index in [-0.39, 0.29) is 30.2 Å². The highest BCUT2D eigenvalue weighted by Crippen LogP contribution is 2.28. The van der Waals surface area contributed by atoms with E-state index in [9.17, 15) is 9.59 Å². The number of aromatic nitrogens is 2. The molecule has 2 amide bonds. The summed E-state index contributed by atoms with van der Waals surface area (Å²) in [7, 11) is 0. The third-order valence-corrected chi connectivity index (χ3v) is 6.42. The highest BCUT2D eigenvalue weighted by molar-refractivity contribution is 5.89. The fourth-order valence-electron chi connectivity index (χ4n) is 4.41. The lowest BCUT2D eigenvalue weighted by Gasteiger charge is -2.25. The predicted molar refractivity (Wildman–Crippen MR) is 124 cm³/mol. The van der Waals surface area contributed by atoms with Crippen LogP contribution < -0.4 is 5.32 Å². The van der Waals surface area contributed by atoms with Crippen LogP contribution in [0.25, 0.3) is 0 Å². The number of carbonyl (C=O) groups excluding carboxylic acids is 2. The summed E-state index contributed by atoms with van der Waals surface area (Å²) < 4.78 is 1.98. The first-order valence-corrected chi connectivity index (χ1v) is 11.1. The Morgan fingerprint density at radius 1 is 1.09 bits per heavy atom. The summed E-state index contributed by atoms with van der Waals surface area (Å²) in [4.78, 5) is 27.3. The van der Waals surface area contributed by atoms with Crippen molar-refractivity contribution >= 4 is 11.8 Å². The second-order valence-corrected chi connectivity index (χ2v) is 8.54. The third kappa shape index (κ3) is 4.59. The number of nitrogens with one attached hydrogen (secondary N) is 1. The van der Waals surface area contributed by atoms with E-state index in [1.807, 2.05) is 78.9 Å². The molecule has 0 radical (unpaired) electrons. The molecular weight excluding hydrogens is 400 g/mol. The second kappa shape index (κ2) is 9.39. The van der Waals surface area contributed by atoms with Crippen molar-refractivity contribution in [2.75, 3.05) is 6.54 Å². The Balaban J connectivity index is 1.37. The molecule has 2 aromatic carbocycles. The Hall–Kier alpha value is -3.41. The first-order valence-electron chi connectivity index (χ1n) is 11.1. The molecule has 0 bridgehead atoms. The first kappa shape index (κ1) is 21.8. The molecule has 1 N–H and O–H groups in total. The van der Waals surface area contributed by atoms with Crippen LogP contribution >= 0.6 is 0 Å². The monoisotopic (exact) mass is 430 g/mol. The molecule has 2 atom stereocenters. The van der Waals surface area contributed by atoms with Gasteiger partial charge in [0, 0.05) is 30.8 Å². The molecule has 1 saturated heterocycles. The van der Waals surface area contributed by atoms with Gasteiger partial charge in [0.15, 0.2) is 0 Å². The highest BCUT2D eigenvalue weighted by Gasteiger charge is 2.37. The van der Waals surface area contributed by atoms with E-state index in [1.54, 1.807) is 0 Å². The smallest absolute Gasteiger partial charge is 0.225 e. The number of benzene rings is 2. The van der Waals surface area contributed by atoms with Gasteiger partial charge in [-0.1, -0.05) is 60.7 Å². The highest BCUT2D eigenvalue weighted by atomic mass is 16.2. The molecule has 32 heavy (non-hydrogen) atoms. The van der Waals surface area contributed by atoms with Gasteiger partial charge in [0.1, 0.15) is 0 Å². The fraction of sp³-hybridized carbons (Fsp3) is 0.346. The van der Waals surface area contributed by atoms with Crippen molar-refractivity contribution in [2.45, 2.75) is 46.3 Å². The number of carbonyl (C=O) groups is 2. The molecule has 0 saturated carbocycles. The predicted octanol–water partition coefficient (Wildman–Crippen LogP) is 3.77. The van der Waals surface area contributed by atoms with E-state index in [4.69, 9.17) is 0 Å². The van der Waals surface area contributed by atoms with E-state index in [0.29, 0.717) is 19.6 Å². The number of rotatable bonds is 7. The van der Waals surface area contributed by atoms with E-state index in [1.165, 1.54) is 5.56 Å². The van der Waals surface area contributed by atoms with Crippen LogP contribution in [0, 0.1) is 19.8 Å². The van der Waals surface area contributed by atoms with Crippen molar-refractivity contribution in [2.24, 2.45) is 5.92 Å². The molecule has 6 heteroatoms. The van der Waals surface area contributed by atoms with Gasteiger partial charge < -0.3 is 10.2 Å². The average Bonchev–Trinajstić information content (AvgIpc) is 3.32. The second-order valence-electron chi connectivity index (χ2n) is 8.54. The SMILES string of the molecule is Cc1nn(Cc2ccccc2)c(C)c1CNC(=O)[C@H]1CC(=O)N([C@H](C)c2ccccc2)C1. The number of nitrogens with zero attached hydrogens (tertiary/aromatic N) is 3. The van der Waals surface area contributed by atoms with E-state index in [0.717, 1.165) is 22.5 Å². The van der Waals surface area contributed by atoms with Crippen molar-refractivity contribution < 1.29 is 9.59 Å². The summed E-state index contributed by atoms with van der Waals surface area (Å²) in [5, 5.41) is 7.71. The van der Waals surface area contributed by atoms with E-state index >= 15 is 0 Å². The fourth-order valence-corrected chi connectivity index (χ4v) is 4.41. The summed E-state index contributed by atoms with van der Waals surface area (Å²) in [5.41, 5.74) is 5.27. The summed E-state index contributed by atoms with van der Waals surface area (Å²) in [5.74, 6) is -0.367. The lowest BCUT2D eigenvalue weighted by atomic mass is 10.1. The van der Waals surface area contributed by atoms with Crippen LogP contribution in [0.15, 0.2) is 60.7 Å². The zero-order valence-electron chi connectivity index (χ0n) is 18.9. The maximum atomic E-state index is 12.9. The molecule has 0 unspecified atom stereocenters. The molecule has 0 aliphatic carbocycles. The van der Waals surface area contributed by atoms with Crippen molar-refractivity contribution in [1.82, 2.24) is 20.0 Å². The van der Waals surface area contributed by atoms with E-state index in [2.05, 4.69) is 22.5 Å². The van der Waals surface area contributed by atoms with Gasteiger partial charge in [-0.3, -0.25) is 14.3 Å². The van der Waals surface area contributed by atoms with Gasteiger partial charge in [-0.05, 0) is 31.9 Å². The van der Waals surface area contributed by atoms with Gasteiger partial charge in [-0.25, -0.2) is 0 Å². The largest absolute Gasteiger partial charge is 0.352 e. The Morgan fingerprint density at radius 3 is 2.44 bits per heavy atom. The van der Waals surface area contributed by atoms with Crippen LogP contribution in [0.4, 0.5) is 0 Å². The molecule has 1 aliphatic rings. The Labute approximate surface area is 189 Å². The minimum Gasteiger partial charge on any atom is -0.352 e. The quantitative estimate of drug-likeness (QED) is 0.620. The summed E-state index contributed by atoms with van der Waals surface area (Å²) in [6, 6.07) is 20.1. The van der Waals surface area contributed by atoms with Crippen LogP contribution in [-0.2, 0) is 22.7 Å². The van der Waals surface area contributed by atoms with Crippen LogP contribution in [0.5, 0.6) is 0 Å². The number of hydrogen-bond acceptors (Lipinski definition) is 3. The summed E-state index contributed by atoms with van der Waals surface area (Å²) >= 11 is 0. The van der Waals surface area contributed by atoms with Gasteiger partial charge in [0.05, 0.1) is 24.2 Å². The van der Waals surface area contributed by atoms with Crippen LogP contribution in [0.2, 0.25) is 0 Å². The molecule has 6 nitrogen and oxygen atoms in total. The molecular formula is C26H30N4O2. The van der Waals surface area contributed by atoms with Crippen molar-refractivity contribution in [3.63, 3.8) is 0 Å². The molecule has 3 aromatic rings. The topological polar surface area (TPSA) is 67.2 Å². The van der Waals surface area contributed by atoms with Crippen molar-refractivity contribution in [3.8, 4) is 0 Å². The standard InChI is InChI=1S/C26H30N4O2/c1-18-24(20(3)30(28-18)16-21-10-6-4-7-11-21)15-27-26(32)23-14-25(31)29(17-23)19(2)22-12-8-5-9-13-22/h4-13,19,23H,14-17H2,1-3H3,(H,27,32)/t19-,23+/m1/s1. The number of amides is 2. The maximum absolute atomic E-state index is 12.9. The van der Waals surface area contributed by atoms with Crippen LogP contribution in [0.3, 0.4) is 0 Å². The average molecular weight is 431 g/mol. The van der Waals surface area contributed by atoms with Crippen molar-refractivity contribution in [3.05, 3.63) is 88.7 Å². The molecule has 1 aliphatic heterocycles. The van der Waals surface area contributed by atoms with Gasteiger partial charge in [-0.15, -0.1) is 0 Å². The van der Waals surface area contributed by atoms with Gasteiger partial charge >= 0.3 is 0 Å². The molecule has 4 rings (SSSR count). The van der Waals surface area contributed by atoms with Crippen LogP contribution in [0.1, 0.15) is 47.5 Å². The number of hydrogen-bond donors (Lipinski definition) is 1. The Morgan fingerprint density at radius 2 is 1.75 bits per heavy atom. The summed E-state index contributed by atoms with van der Waals surface area (Å²) in [6.45, 7) is 7.59. The minimum atomic E-state index is -0.325. The molecule has 166 valence electrons. The lowest BCUT2D eigenvalue weighted by Crippen LogP contribution is -2.33. The minimum absolute atomic E-state index is 0.0320. The number of likely N-dealkylation sites (tertiary alicyclic amines) is 1. The van der Waals surface area contributed by atoms with Gasteiger partial charge in [0.25, 0.3) is 0 Å². The molecule has 2 heterocycles. The first-order chi connectivity index (χ1) is 15.4. The third-order valence-electron chi connectivity index (χ3n) is 6.42. The van der Waals surface area contributed by atoms with Gasteiger partial charge in [-0.2, -0.15) is 5.10 Å². The van der Waals surface area contributed by atoms with Crippen LogP contribution in [-0.4, -0.2) is 33.0 Å². The zero-order chi connectivity index (χ0) is 22.7. The Bertz CT molecular complexity index is 1090. The van der Waals surface area contributed by atoms with Gasteiger partial charge in [0.2, 0.25) is 11.8 Å². The number of aryl methyl sites for hydroxylation is 1. The lowest BCUT2D eigenvalue weighted by molar-refractivity contribution is -0.130. The van der Waals surface area contributed by atoms with E-state index < -0.39 is 0 Å². The Kier molecular flexibility index (Phi) is 6.40.